The molecule has 2 heterocycles. The highest BCUT2D eigenvalue weighted by atomic mass is 32.2. The van der Waals surface area contributed by atoms with Gasteiger partial charge in [0.15, 0.2) is 9.84 Å². The Hall–Kier alpha value is -2.73. The van der Waals surface area contributed by atoms with Crippen molar-refractivity contribution in [2.75, 3.05) is 50.2 Å². The van der Waals surface area contributed by atoms with Gasteiger partial charge >= 0.3 is 0 Å². The van der Waals surface area contributed by atoms with Crippen LogP contribution in [0.15, 0.2) is 41.3 Å². The topological polar surface area (TPSA) is 70.7 Å². The predicted molar refractivity (Wildman–Crippen MR) is 151 cm³/mol. The fourth-order valence-corrected chi connectivity index (χ4v) is 6.54. The quantitative estimate of drug-likeness (QED) is 0.392. The Morgan fingerprint density at radius 1 is 1.14 bits per heavy atom. The number of fused-ring (bicyclic) bond motifs is 1. The Balaban J connectivity index is 1.50. The molecule has 2 aromatic carbocycles. The van der Waals surface area contributed by atoms with Crippen molar-refractivity contribution in [3.05, 3.63) is 46.8 Å². The molecule has 1 fully saturated rings. The second-order valence-corrected chi connectivity index (χ2v) is 12.1. The molecule has 1 aliphatic heterocycles. The Morgan fingerprint density at radius 2 is 1.92 bits per heavy atom. The average Bonchev–Trinajstić information content (AvgIpc) is 3.25. The molecule has 3 aromatic rings. The number of nitrogens with one attached hydrogen (secondary N) is 2. The molecule has 6 nitrogen and oxygen atoms in total. The van der Waals surface area contributed by atoms with E-state index in [2.05, 4.69) is 59.4 Å². The molecule has 0 spiro atoms. The number of hydrogen-bond donors (Lipinski definition) is 2. The average molecular weight is 526 g/mol. The standard InChI is InChI=1S/C28H35N3O3S2/c1-5-22-23-9-7-10-25(30-20-14-17-31(6-2)18-15-20)28(23)35-27(22)11-8-16-29-24-13-12-21(36(4,32)33)19-26(24)34-3/h7,9-10,12-13,19-20,29-30H,5-6,14-18H2,1-4H3. The highest BCUT2D eigenvalue weighted by molar-refractivity contribution is 7.90. The van der Waals surface area contributed by atoms with Crippen molar-refractivity contribution >= 4 is 42.6 Å². The van der Waals surface area contributed by atoms with Crippen LogP contribution in [-0.2, 0) is 16.3 Å². The minimum atomic E-state index is -3.29. The van der Waals surface area contributed by atoms with Gasteiger partial charge in [-0.25, -0.2) is 8.42 Å². The summed E-state index contributed by atoms with van der Waals surface area (Å²) in [5.74, 6) is 7.10. The van der Waals surface area contributed by atoms with E-state index in [1.807, 2.05) is 0 Å². The summed E-state index contributed by atoms with van der Waals surface area (Å²) in [5, 5.41) is 8.36. The minimum Gasteiger partial charge on any atom is -0.495 e. The number of likely N-dealkylation sites (tertiary alicyclic amines) is 1. The van der Waals surface area contributed by atoms with E-state index in [4.69, 9.17) is 4.74 Å². The van der Waals surface area contributed by atoms with Gasteiger partial charge in [0.05, 0.1) is 39.5 Å². The zero-order chi connectivity index (χ0) is 25.7. The van der Waals surface area contributed by atoms with Gasteiger partial charge < -0.3 is 20.3 Å². The van der Waals surface area contributed by atoms with Gasteiger partial charge in [-0.05, 0) is 55.0 Å². The molecule has 0 bridgehead atoms. The van der Waals surface area contributed by atoms with Crippen molar-refractivity contribution in [1.82, 2.24) is 4.90 Å². The molecule has 192 valence electrons. The number of hydrogen-bond acceptors (Lipinski definition) is 7. The first-order chi connectivity index (χ1) is 17.3. The summed E-state index contributed by atoms with van der Waals surface area (Å²) < 4.78 is 30.3. The number of ether oxygens (including phenoxy) is 1. The number of piperidine rings is 1. The molecule has 8 heteroatoms. The summed E-state index contributed by atoms with van der Waals surface area (Å²) in [5.41, 5.74) is 3.22. The molecule has 2 N–H and O–H groups in total. The molecule has 1 aromatic heterocycles. The molecule has 1 aliphatic rings. The van der Waals surface area contributed by atoms with Crippen LogP contribution in [0.2, 0.25) is 0 Å². The van der Waals surface area contributed by atoms with Gasteiger partial charge in [0.25, 0.3) is 0 Å². The second kappa shape index (κ2) is 11.5. The molecule has 0 atom stereocenters. The number of benzene rings is 2. The smallest absolute Gasteiger partial charge is 0.175 e. The van der Waals surface area contributed by atoms with Crippen LogP contribution in [0.5, 0.6) is 5.75 Å². The van der Waals surface area contributed by atoms with Crippen molar-refractivity contribution in [3.8, 4) is 17.6 Å². The summed E-state index contributed by atoms with van der Waals surface area (Å²) in [7, 11) is -1.76. The second-order valence-electron chi connectivity index (χ2n) is 9.09. The number of aryl methyl sites for hydroxylation is 1. The largest absolute Gasteiger partial charge is 0.495 e. The summed E-state index contributed by atoms with van der Waals surface area (Å²) in [4.78, 5) is 3.84. The van der Waals surface area contributed by atoms with Crippen LogP contribution in [0.3, 0.4) is 0 Å². The first-order valence-corrected chi connectivity index (χ1v) is 15.2. The van der Waals surface area contributed by atoms with Crippen LogP contribution >= 0.6 is 11.3 Å². The highest BCUT2D eigenvalue weighted by Crippen LogP contribution is 2.37. The number of sulfone groups is 1. The van der Waals surface area contributed by atoms with E-state index >= 15 is 0 Å². The Labute approximate surface area is 219 Å². The monoisotopic (exact) mass is 525 g/mol. The van der Waals surface area contributed by atoms with E-state index in [-0.39, 0.29) is 4.90 Å². The zero-order valence-corrected chi connectivity index (χ0v) is 23.1. The number of thiophene rings is 1. The lowest BCUT2D eigenvalue weighted by Gasteiger charge is -2.32. The van der Waals surface area contributed by atoms with Crippen molar-refractivity contribution in [3.63, 3.8) is 0 Å². The molecule has 0 radical (unpaired) electrons. The van der Waals surface area contributed by atoms with Crippen molar-refractivity contribution in [2.45, 2.75) is 44.0 Å². The maximum Gasteiger partial charge on any atom is 0.175 e. The van der Waals surface area contributed by atoms with Crippen LogP contribution in [0, 0.1) is 11.8 Å². The number of methoxy groups -OCH3 is 1. The van der Waals surface area contributed by atoms with Crippen LogP contribution in [0.25, 0.3) is 10.1 Å². The zero-order valence-electron chi connectivity index (χ0n) is 21.5. The van der Waals surface area contributed by atoms with Crippen molar-refractivity contribution in [1.29, 1.82) is 0 Å². The van der Waals surface area contributed by atoms with E-state index in [9.17, 15) is 8.42 Å². The van der Waals surface area contributed by atoms with Gasteiger partial charge in [-0.2, -0.15) is 0 Å². The van der Waals surface area contributed by atoms with Gasteiger partial charge in [0, 0.05) is 31.5 Å². The third-order valence-corrected chi connectivity index (χ3v) is 9.04. The summed E-state index contributed by atoms with van der Waals surface area (Å²) in [6.07, 6.45) is 4.45. The fraction of sp³-hybridized carbons (Fsp3) is 0.429. The van der Waals surface area contributed by atoms with Crippen molar-refractivity contribution < 1.29 is 13.2 Å². The maximum atomic E-state index is 11.8. The molecular formula is C28H35N3O3S2. The number of anilines is 2. The molecule has 1 saturated heterocycles. The highest BCUT2D eigenvalue weighted by Gasteiger charge is 2.20. The Bertz CT molecular complexity index is 1380. The minimum absolute atomic E-state index is 0.231. The van der Waals surface area contributed by atoms with E-state index in [0.717, 1.165) is 30.9 Å². The first kappa shape index (κ1) is 26.3. The third-order valence-electron chi connectivity index (χ3n) is 6.74. The molecule has 0 aliphatic carbocycles. The lowest BCUT2D eigenvalue weighted by atomic mass is 10.0. The normalized spacial score (nSPS) is 14.9. The SMILES string of the molecule is CCc1c(C#CCNc2ccc(S(C)(=O)=O)cc2OC)sc2c(NC3CCN(CC)CC3)cccc12. The molecule has 0 unspecified atom stereocenters. The summed E-state index contributed by atoms with van der Waals surface area (Å²) in [6.45, 7) is 8.27. The van der Waals surface area contributed by atoms with Gasteiger partial charge in [-0.1, -0.05) is 37.8 Å². The molecule has 36 heavy (non-hydrogen) atoms. The maximum absolute atomic E-state index is 11.8. The molecular weight excluding hydrogens is 490 g/mol. The Morgan fingerprint density at radius 3 is 2.58 bits per heavy atom. The van der Waals surface area contributed by atoms with Gasteiger partial charge in [-0.3, -0.25) is 0 Å². The molecule has 4 rings (SSSR count). The number of rotatable bonds is 8. The fourth-order valence-electron chi connectivity index (χ4n) is 4.66. The van der Waals surface area contributed by atoms with Crippen LogP contribution in [0.1, 0.15) is 37.1 Å². The molecule has 0 saturated carbocycles. The van der Waals surface area contributed by atoms with Gasteiger partial charge in [0.1, 0.15) is 5.75 Å². The van der Waals surface area contributed by atoms with Crippen molar-refractivity contribution in [2.24, 2.45) is 0 Å². The lowest BCUT2D eigenvalue weighted by molar-refractivity contribution is 0.229. The lowest BCUT2D eigenvalue weighted by Crippen LogP contribution is -2.38. The Kier molecular flexibility index (Phi) is 8.45. The van der Waals surface area contributed by atoms with Crippen LogP contribution in [-0.4, -0.2) is 58.9 Å². The number of nitrogens with zero attached hydrogens (tertiary/aromatic N) is 1. The van der Waals surface area contributed by atoms with Crippen LogP contribution < -0.4 is 15.4 Å². The predicted octanol–water partition coefficient (Wildman–Crippen LogP) is 5.24. The van der Waals surface area contributed by atoms with Gasteiger partial charge in [-0.15, -0.1) is 11.3 Å². The summed E-state index contributed by atoms with van der Waals surface area (Å²) in [6, 6.07) is 11.9. The summed E-state index contributed by atoms with van der Waals surface area (Å²) >= 11 is 1.76. The first-order valence-electron chi connectivity index (χ1n) is 12.5. The van der Waals surface area contributed by atoms with E-state index in [0.29, 0.717) is 24.0 Å². The van der Waals surface area contributed by atoms with Crippen LogP contribution in [0.4, 0.5) is 11.4 Å². The third kappa shape index (κ3) is 5.97. The molecule has 0 amide bonds. The van der Waals surface area contributed by atoms with E-state index in [1.54, 1.807) is 23.5 Å². The van der Waals surface area contributed by atoms with Gasteiger partial charge in [0.2, 0.25) is 0 Å². The van der Waals surface area contributed by atoms with E-state index < -0.39 is 9.84 Å². The van der Waals surface area contributed by atoms with E-state index in [1.165, 1.54) is 53.6 Å².